The number of aromatic nitrogens is 6. The molecule has 0 spiro atoms. The van der Waals surface area contributed by atoms with E-state index in [1.807, 2.05) is 12.1 Å². The predicted octanol–water partition coefficient (Wildman–Crippen LogP) is 6.88. The summed E-state index contributed by atoms with van der Waals surface area (Å²) in [6.45, 7) is 6.07. The van der Waals surface area contributed by atoms with Gasteiger partial charge in [-0.25, -0.2) is 26.6 Å². The molecule has 0 saturated heterocycles. The smallest absolute Gasteiger partial charge is 0.408 e. The van der Waals surface area contributed by atoms with E-state index in [1.165, 1.54) is 42.4 Å². The number of anilines is 1. The fourth-order valence-corrected chi connectivity index (χ4v) is 12.1. The van der Waals surface area contributed by atoms with Gasteiger partial charge in [-0.1, -0.05) is 54.6 Å². The van der Waals surface area contributed by atoms with Crippen molar-refractivity contribution in [2.45, 2.75) is 68.7 Å². The molecule has 2 aromatic heterocycles. The lowest BCUT2D eigenvalue weighted by atomic mass is 9.98. The molecule has 0 aliphatic heterocycles. The Morgan fingerprint density at radius 2 is 1.31 bits per heavy atom. The monoisotopic (exact) mass is 951 g/mol. The molecule has 7 aromatic rings. The molecule has 2 heterocycles. The number of hydrogen-bond donors (Lipinski definition) is 2. The van der Waals surface area contributed by atoms with Crippen molar-refractivity contribution in [2.75, 3.05) is 32.8 Å². The minimum Gasteiger partial charge on any atom is -0.497 e. The van der Waals surface area contributed by atoms with E-state index in [9.17, 15) is 9.90 Å². The molecule has 0 saturated carbocycles. The number of methoxy groups -OCH3 is 3. The van der Waals surface area contributed by atoms with Gasteiger partial charge in [-0.2, -0.15) is 9.10 Å². The highest BCUT2D eigenvalue weighted by Crippen LogP contribution is 2.44. The molecule has 1 atom stereocenters. The second-order valence-electron chi connectivity index (χ2n) is 16.9. The maximum Gasteiger partial charge on any atom is 0.408 e. The molecule has 20 heteroatoms. The lowest BCUT2D eigenvalue weighted by Gasteiger charge is -2.38. The Kier molecular flexibility index (Phi) is 13.6. The first-order chi connectivity index (χ1) is 31.7. The van der Waals surface area contributed by atoms with Crippen LogP contribution in [0, 0.1) is 0 Å². The number of benzene rings is 5. The maximum atomic E-state index is 16.2. The Bertz CT molecular complexity index is 3080. The van der Waals surface area contributed by atoms with Gasteiger partial charge in [-0.3, -0.25) is 4.90 Å². The number of fused-ring (bicyclic) bond motifs is 1. The largest absolute Gasteiger partial charge is 0.497 e. The van der Waals surface area contributed by atoms with Crippen molar-refractivity contribution >= 4 is 42.9 Å². The first-order valence-electron chi connectivity index (χ1n) is 21.1. The predicted molar refractivity (Wildman–Crippen MR) is 253 cm³/mol. The van der Waals surface area contributed by atoms with E-state index in [4.69, 9.17) is 25.0 Å². The summed E-state index contributed by atoms with van der Waals surface area (Å²) in [5, 5.41) is 23.8. The molecular weight excluding hydrogens is 899 g/mol. The van der Waals surface area contributed by atoms with Crippen LogP contribution in [-0.4, -0.2) is 106 Å². The van der Waals surface area contributed by atoms with Crippen LogP contribution in [0.25, 0.3) is 33.5 Å². The fraction of sp³-hybridized carbons (Fsp3) is 0.298. The number of amides is 1. The number of rotatable bonds is 17. The van der Waals surface area contributed by atoms with Crippen LogP contribution in [0.15, 0.2) is 113 Å². The van der Waals surface area contributed by atoms with Crippen LogP contribution in [0.1, 0.15) is 44.4 Å². The molecule has 7 rings (SSSR count). The molecule has 0 unspecified atom stereocenters. The van der Waals surface area contributed by atoms with E-state index in [0.717, 1.165) is 10.5 Å². The summed E-state index contributed by atoms with van der Waals surface area (Å²) in [5.41, 5.74) is 8.67. The molecule has 0 radical (unpaired) electrons. The average Bonchev–Trinajstić information content (AvgIpc) is 3.87. The van der Waals surface area contributed by atoms with E-state index < -0.39 is 53.1 Å². The van der Waals surface area contributed by atoms with E-state index >= 15 is 16.8 Å². The molecule has 0 aliphatic rings. The summed E-state index contributed by atoms with van der Waals surface area (Å²) in [6, 6.07) is 27.7. The minimum atomic E-state index is -4.99. The molecule has 18 nitrogen and oxygen atoms in total. The first-order valence-corrected chi connectivity index (χ1v) is 24.2. The van der Waals surface area contributed by atoms with Crippen LogP contribution in [0.2, 0.25) is 0 Å². The number of imidazole rings is 1. The minimum absolute atomic E-state index is 0.106. The van der Waals surface area contributed by atoms with Crippen LogP contribution >= 0.6 is 0 Å². The molecule has 0 bridgehead atoms. The van der Waals surface area contributed by atoms with E-state index in [0.29, 0.717) is 45.0 Å². The zero-order chi connectivity index (χ0) is 48.4. The average molecular weight is 952 g/mol. The highest BCUT2D eigenvalue weighted by molar-refractivity contribution is 7.93. The highest BCUT2D eigenvalue weighted by Gasteiger charge is 2.40. The topological polar surface area (TPSA) is 227 Å². The molecular formula is C47H53N9O9S2. The molecule has 0 fully saturated rings. The summed E-state index contributed by atoms with van der Waals surface area (Å²) >= 11 is 0. The van der Waals surface area contributed by atoms with Crippen LogP contribution in [0.3, 0.4) is 0 Å². The fourth-order valence-electron chi connectivity index (χ4n) is 8.11. The lowest BCUT2D eigenvalue weighted by Crippen LogP contribution is -2.52. The summed E-state index contributed by atoms with van der Waals surface area (Å²) in [5.74, 6) is 0.923. The molecule has 1 amide bonds. The van der Waals surface area contributed by atoms with E-state index in [2.05, 4.69) is 15.3 Å². The number of sulfonamides is 1. The third-order valence-corrected chi connectivity index (χ3v) is 15.3. The Balaban J connectivity index is 1.54. The number of nitrogen functional groups attached to an aromatic ring is 1. The summed E-state index contributed by atoms with van der Waals surface area (Å²) in [7, 11) is -3.36. The van der Waals surface area contributed by atoms with Crippen molar-refractivity contribution in [3.63, 3.8) is 0 Å². The van der Waals surface area contributed by atoms with Gasteiger partial charge in [0, 0.05) is 37.3 Å². The van der Waals surface area contributed by atoms with E-state index in [-0.39, 0.29) is 42.5 Å². The van der Waals surface area contributed by atoms with Gasteiger partial charge in [-0.05, 0) is 104 Å². The van der Waals surface area contributed by atoms with Gasteiger partial charge in [-0.15, -0.1) is 10.2 Å². The third-order valence-electron chi connectivity index (χ3n) is 11.3. The number of hydrogen-bond acceptors (Lipinski definition) is 13. The standard InChI is InChI=1S/C47H53N9O9S2/c1-30(56(46(57)58)47(2,3)4)29-66(59,60)40-25-24-37(38-10-9-11-39-42(38)49-45(48)53(39)5)41(44-50-52-55(51-44)28-33-16-22-36(65-8)23-17-33)43(40)67(61,62)54(26-31-12-18-34(63-6)19-13-31)27-32-14-20-35(64-7)21-15-32/h9-25,30H,26-29H2,1-8H3,(H2,48,49)(H,57,58)/t30-/m1/s1. The van der Waals surface area contributed by atoms with Gasteiger partial charge in [0.25, 0.3) is 0 Å². The summed E-state index contributed by atoms with van der Waals surface area (Å²) in [4.78, 5) is 18.4. The van der Waals surface area contributed by atoms with Crippen molar-refractivity contribution in [3.05, 3.63) is 120 Å². The number of sulfone groups is 1. The zero-order valence-corrected chi connectivity index (χ0v) is 40.0. The maximum absolute atomic E-state index is 16.2. The molecule has 0 aliphatic carbocycles. The van der Waals surface area contributed by atoms with Crippen LogP contribution in [0.4, 0.5) is 10.7 Å². The number of nitrogens with zero attached hydrogens (tertiary/aromatic N) is 8. The normalized spacial score (nSPS) is 12.6. The van der Waals surface area contributed by atoms with E-state index in [1.54, 1.807) is 118 Å². The molecule has 3 N–H and O–H groups in total. The number of tetrazole rings is 1. The SMILES string of the molecule is COc1ccc(CN(Cc2ccc(OC)cc2)S(=O)(=O)c2c(S(=O)(=O)C[C@@H](C)N(C(=O)O)C(C)(C)C)ccc(-c3cccc4c3nc(N)n4C)c2-c2nnn(Cc3ccc(OC)cc3)n2)cc1. The summed E-state index contributed by atoms with van der Waals surface area (Å²) in [6.07, 6.45) is -1.34. The Morgan fingerprint density at radius 1 is 0.776 bits per heavy atom. The second-order valence-corrected chi connectivity index (χ2v) is 20.8. The van der Waals surface area contributed by atoms with Crippen molar-refractivity contribution in [1.82, 2.24) is 39.0 Å². The molecule has 352 valence electrons. The first kappa shape index (κ1) is 47.9. The second kappa shape index (κ2) is 19.1. The van der Waals surface area contributed by atoms with Crippen molar-refractivity contribution in [1.29, 1.82) is 0 Å². The van der Waals surface area contributed by atoms with Gasteiger partial charge in [0.15, 0.2) is 9.84 Å². The lowest BCUT2D eigenvalue weighted by molar-refractivity contribution is 0.0815. The van der Waals surface area contributed by atoms with Crippen molar-refractivity contribution in [3.8, 4) is 39.8 Å². The highest BCUT2D eigenvalue weighted by atomic mass is 32.2. The van der Waals surface area contributed by atoms with Crippen LogP contribution in [-0.2, 0) is 46.5 Å². The van der Waals surface area contributed by atoms with Gasteiger partial charge in [0.05, 0.1) is 55.1 Å². The number of ether oxygens (including phenoxy) is 3. The summed E-state index contributed by atoms with van der Waals surface area (Å²) < 4.78 is 81.7. The van der Waals surface area contributed by atoms with Gasteiger partial charge in [0.1, 0.15) is 22.1 Å². The Hall–Kier alpha value is -7.03. The van der Waals surface area contributed by atoms with Gasteiger partial charge < -0.3 is 29.6 Å². The van der Waals surface area contributed by atoms with Crippen molar-refractivity contribution < 1.29 is 40.9 Å². The number of aryl methyl sites for hydroxylation is 1. The third kappa shape index (κ3) is 10.1. The molecule has 5 aromatic carbocycles. The molecule has 67 heavy (non-hydrogen) atoms. The van der Waals surface area contributed by atoms with Gasteiger partial charge in [0.2, 0.25) is 21.8 Å². The zero-order valence-electron chi connectivity index (χ0n) is 38.4. The Morgan fingerprint density at radius 3 is 1.82 bits per heavy atom. The van der Waals surface area contributed by atoms with Crippen LogP contribution < -0.4 is 19.9 Å². The van der Waals surface area contributed by atoms with Crippen LogP contribution in [0.5, 0.6) is 17.2 Å². The quantitative estimate of drug-likeness (QED) is 0.0949. The number of carbonyl (C=O) groups is 1. The Labute approximate surface area is 389 Å². The number of carboxylic acid groups (broad SMARTS) is 1. The van der Waals surface area contributed by atoms with Crippen molar-refractivity contribution in [2.24, 2.45) is 7.05 Å². The van der Waals surface area contributed by atoms with Gasteiger partial charge >= 0.3 is 6.09 Å². The number of para-hydroxylation sites is 1. The number of nitrogens with two attached hydrogens (primary N) is 1.